The molecule has 1 N–H and O–H groups in total. The standard InChI is InChI=1S/C19H16N4O2/c1-25-16-8-6-14(7-9-16)19(24)22-21-12-15-13-23(11-10-20)18-5-3-2-4-17(15)18/h2-9,12-13H,11H2,1H3,(H,22,24). The van der Waals surface area contributed by atoms with Gasteiger partial charge in [-0.2, -0.15) is 10.4 Å². The van der Waals surface area contributed by atoms with Gasteiger partial charge in [0.1, 0.15) is 12.3 Å². The monoisotopic (exact) mass is 332 g/mol. The number of nitrogens with zero attached hydrogens (tertiary/aromatic N) is 3. The van der Waals surface area contributed by atoms with E-state index >= 15 is 0 Å². The number of benzene rings is 2. The predicted octanol–water partition coefficient (Wildman–Crippen LogP) is 2.94. The fourth-order valence-electron chi connectivity index (χ4n) is 2.55. The first kappa shape index (κ1) is 16.3. The van der Waals surface area contributed by atoms with E-state index in [1.165, 1.54) is 0 Å². The quantitative estimate of drug-likeness (QED) is 0.576. The first-order chi connectivity index (χ1) is 12.2. The van der Waals surface area contributed by atoms with Crippen LogP contribution < -0.4 is 10.2 Å². The van der Waals surface area contributed by atoms with Crippen LogP contribution >= 0.6 is 0 Å². The minimum absolute atomic E-state index is 0.257. The number of hydrogen-bond acceptors (Lipinski definition) is 4. The molecule has 1 heterocycles. The summed E-state index contributed by atoms with van der Waals surface area (Å²) in [7, 11) is 1.57. The highest BCUT2D eigenvalue weighted by molar-refractivity contribution is 6.00. The molecule has 0 spiro atoms. The number of nitrogens with one attached hydrogen (secondary N) is 1. The van der Waals surface area contributed by atoms with Crippen molar-refractivity contribution in [2.75, 3.05) is 7.11 Å². The number of carbonyl (C=O) groups excluding carboxylic acids is 1. The summed E-state index contributed by atoms with van der Waals surface area (Å²) in [6.45, 7) is 0.257. The Hall–Kier alpha value is -3.59. The summed E-state index contributed by atoms with van der Waals surface area (Å²) < 4.78 is 6.91. The molecule has 0 saturated carbocycles. The number of aromatic nitrogens is 1. The molecule has 0 atom stereocenters. The molecule has 0 aliphatic rings. The molecule has 124 valence electrons. The number of fused-ring (bicyclic) bond motifs is 1. The molecule has 1 amide bonds. The van der Waals surface area contributed by atoms with E-state index in [1.807, 2.05) is 35.0 Å². The van der Waals surface area contributed by atoms with Crippen molar-refractivity contribution in [3.8, 4) is 11.8 Å². The average Bonchev–Trinajstić information content (AvgIpc) is 3.00. The van der Waals surface area contributed by atoms with E-state index in [-0.39, 0.29) is 12.5 Å². The van der Waals surface area contributed by atoms with E-state index in [9.17, 15) is 4.79 Å². The van der Waals surface area contributed by atoms with Crippen molar-refractivity contribution in [1.29, 1.82) is 5.26 Å². The van der Waals surface area contributed by atoms with Crippen LogP contribution in [0.3, 0.4) is 0 Å². The third kappa shape index (κ3) is 3.51. The zero-order valence-electron chi connectivity index (χ0n) is 13.6. The fourth-order valence-corrected chi connectivity index (χ4v) is 2.55. The number of rotatable bonds is 5. The molecule has 3 rings (SSSR count). The van der Waals surface area contributed by atoms with Crippen molar-refractivity contribution in [1.82, 2.24) is 9.99 Å². The van der Waals surface area contributed by atoms with E-state index in [2.05, 4.69) is 16.6 Å². The molecule has 6 nitrogen and oxygen atoms in total. The minimum atomic E-state index is -0.306. The number of carbonyl (C=O) groups is 1. The van der Waals surface area contributed by atoms with Crippen molar-refractivity contribution in [3.05, 3.63) is 65.9 Å². The lowest BCUT2D eigenvalue weighted by Gasteiger charge is -2.01. The molecule has 1 aromatic heterocycles. The normalized spacial score (nSPS) is 10.7. The Bertz CT molecular complexity index is 965. The molecule has 3 aromatic rings. The number of ether oxygens (including phenoxy) is 1. The highest BCUT2D eigenvalue weighted by atomic mass is 16.5. The SMILES string of the molecule is COc1ccc(C(=O)NN=Cc2cn(CC#N)c3ccccc23)cc1. The Balaban J connectivity index is 1.77. The summed E-state index contributed by atoms with van der Waals surface area (Å²) in [6, 6.07) is 16.6. The number of amides is 1. The van der Waals surface area contributed by atoms with Crippen molar-refractivity contribution in [2.24, 2.45) is 5.10 Å². The average molecular weight is 332 g/mol. The Morgan fingerprint density at radius 1 is 1.28 bits per heavy atom. The van der Waals surface area contributed by atoms with Crippen molar-refractivity contribution in [2.45, 2.75) is 6.54 Å². The van der Waals surface area contributed by atoms with Crippen LogP contribution in [0.2, 0.25) is 0 Å². The van der Waals surface area contributed by atoms with Gasteiger partial charge in [-0.1, -0.05) is 18.2 Å². The van der Waals surface area contributed by atoms with Crippen LogP contribution in [0.15, 0.2) is 59.8 Å². The van der Waals surface area contributed by atoms with Gasteiger partial charge >= 0.3 is 0 Å². The van der Waals surface area contributed by atoms with Gasteiger partial charge in [0.05, 0.1) is 19.4 Å². The maximum absolute atomic E-state index is 12.1. The van der Waals surface area contributed by atoms with Gasteiger partial charge in [-0.25, -0.2) is 5.43 Å². The summed E-state index contributed by atoms with van der Waals surface area (Å²) in [4.78, 5) is 12.1. The Kier molecular flexibility index (Phi) is 4.77. The summed E-state index contributed by atoms with van der Waals surface area (Å²) in [5.41, 5.74) is 4.78. The second-order valence-corrected chi connectivity index (χ2v) is 5.32. The van der Waals surface area contributed by atoms with Gasteiger partial charge in [0.15, 0.2) is 0 Å². The molecule has 0 aliphatic carbocycles. The second-order valence-electron chi connectivity index (χ2n) is 5.32. The maximum atomic E-state index is 12.1. The Morgan fingerprint density at radius 3 is 2.76 bits per heavy atom. The van der Waals surface area contributed by atoms with Crippen LogP contribution in [-0.4, -0.2) is 23.8 Å². The molecule has 2 aromatic carbocycles. The van der Waals surface area contributed by atoms with Gasteiger partial charge < -0.3 is 9.30 Å². The van der Waals surface area contributed by atoms with Gasteiger partial charge in [0, 0.05) is 28.2 Å². The summed E-state index contributed by atoms with van der Waals surface area (Å²) in [6.07, 6.45) is 3.43. The topological polar surface area (TPSA) is 79.4 Å². The molecular weight excluding hydrogens is 316 g/mol. The van der Waals surface area contributed by atoms with Crippen LogP contribution in [0.5, 0.6) is 5.75 Å². The smallest absolute Gasteiger partial charge is 0.271 e. The maximum Gasteiger partial charge on any atom is 0.271 e. The van der Waals surface area contributed by atoms with Crippen LogP contribution in [0.25, 0.3) is 10.9 Å². The lowest BCUT2D eigenvalue weighted by Crippen LogP contribution is -2.17. The van der Waals surface area contributed by atoms with E-state index in [4.69, 9.17) is 10.00 Å². The van der Waals surface area contributed by atoms with Crippen LogP contribution in [0.1, 0.15) is 15.9 Å². The first-order valence-electron chi connectivity index (χ1n) is 7.65. The summed E-state index contributed by atoms with van der Waals surface area (Å²) >= 11 is 0. The molecule has 6 heteroatoms. The van der Waals surface area contributed by atoms with E-state index < -0.39 is 0 Å². The highest BCUT2D eigenvalue weighted by Crippen LogP contribution is 2.19. The van der Waals surface area contributed by atoms with Gasteiger partial charge in [-0.05, 0) is 30.3 Å². The van der Waals surface area contributed by atoms with E-state index in [1.54, 1.807) is 37.6 Å². The molecule has 0 aliphatic heterocycles. The Labute approximate surface area is 144 Å². The molecule has 0 saturated heterocycles. The lowest BCUT2D eigenvalue weighted by atomic mass is 10.2. The number of para-hydroxylation sites is 1. The largest absolute Gasteiger partial charge is 0.497 e. The number of methoxy groups -OCH3 is 1. The van der Waals surface area contributed by atoms with Crippen LogP contribution in [0, 0.1) is 11.3 Å². The van der Waals surface area contributed by atoms with Gasteiger partial charge in [0.2, 0.25) is 0 Å². The van der Waals surface area contributed by atoms with Gasteiger partial charge in [-0.3, -0.25) is 4.79 Å². The number of hydrogen-bond donors (Lipinski definition) is 1. The van der Waals surface area contributed by atoms with Gasteiger partial charge in [0.25, 0.3) is 5.91 Å². The third-order valence-corrected chi connectivity index (χ3v) is 3.78. The fraction of sp³-hybridized carbons (Fsp3) is 0.105. The summed E-state index contributed by atoms with van der Waals surface area (Å²) in [5.74, 6) is 0.380. The molecule has 0 radical (unpaired) electrons. The van der Waals surface area contributed by atoms with Crippen molar-refractivity contribution in [3.63, 3.8) is 0 Å². The zero-order chi connectivity index (χ0) is 17.6. The Morgan fingerprint density at radius 2 is 2.04 bits per heavy atom. The zero-order valence-corrected chi connectivity index (χ0v) is 13.6. The molecule has 0 unspecified atom stereocenters. The highest BCUT2D eigenvalue weighted by Gasteiger charge is 2.07. The molecular formula is C19H16N4O2. The number of nitriles is 1. The van der Waals surface area contributed by atoms with E-state index in [0.717, 1.165) is 16.5 Å². The van der Waals surface area contributed by atoms with Crippen LogP contribution in [0.4, 0.5) is 0 Å². The third-order valence-electron chi connectivity index (χ3n) is 3.78. The minimum Gasteiger partial charge on any atom is -0.497 e. The molecule has 0 fully saturated rings. The first-order valence-corrected chi connectivity index (χ1v) is 7.65. The summed E-state index contributed by atoms with van der Waals surface area (Å²) in [5, 5.41) is 13.9. The van der Waals surface area contributed by atoms with Gasteiger partial charge in [-0.15, -0.1) is 0 Å². The predicted molar refractivity (Wildman–Crippen MR) is 95.6 cm³/mol. The van der Waals surface area contributed by atoms with Crippen molar-refractivity contribution >= 4 is 23.0 Å². The van der Waals surface area contributed by atoms with Crippen molar-refractivity contribution < 1.29 is 9.53 Å². The number of hydrazone groups is 1. The molecule has 0 bridgehead atoms. The lowest BCUT2D eigenvalue weighted by molar-refractivity contribution is 0.0955. The molecule has 25 heavy (non-hydrogen) atoms. The van der Waals surface area contributed by atoms with Crippen LogP contribution in [-0.2, 0) is 6.54 Å². The second kappa shape index (κ2) is 7.32. The van der Waals surface area contributed by atoms with E-state index in [0.29, 0.717) is 11.3 Å².